The highest BCUT2D eigenvalue weighted by atomic mass is 16.5. The van der Waals surface area contributed by atoms with Gasteiger partial charge in [-0.1, -0.05) is 24.0 Å². The third-order valence-electron chi connectivity index (χ3n) is 3.48. The minimum Gasteiger partial charge on any atom is -0.495 e. The molecule has 0 atom stereocenters. The molecule has 3 aromatic rings. The Morgan fingerprint density at radius 2 is 2.09 bits per heavy atom. The van der Waals surface area contributed by atoms with E-state index in [1.807, 2.05) is 48.7 Å². The number of carbonyl (C=O) groups excluding carboxylic acids is 1. The van der Waals surface area contributed by atoms with Crippen molar-refractivity contribution in [1.82, 2.24) is 10.3 Å². The highest BCUT2D eigenvalue weighted by molar-refractivity contribution is 5.98. The summed E-state index contributed by atoms with van der Waals surface area (Å²) in [6.07, 6.45) is 1.85. The smallest absolute Gasteiger partial charge is 0.252 e. The van der Waals surface area contributed by atoms with Crippen LogP contribution in [-0.2, 0) is 0 Å². The monoisotopic (exact) mass is 304 g/mol. The number of amides is 1. The Hall–Kier alpha value is -3.19. The molecule has 0 unspecified atom stereocenters. The second-order valence-electron chi connectivity index (χ2n) is 4.96. The molecule has 0 fully saturated rings. The number of aromatic amines is 1. The van der Waals surface area contributed by atoms with Crippen LogP contribution in [0.5, 0.6) is 5.75 Å². The molecular formula is C19H16N2O2. The zero-order valence-electron chi connectivity index (χ0n) is 12.7. The Kier molecular flexibility index (Phi) is 4.30. The zero-order chi connectivity index (χ0) is 16.1. The van der Waals surface area contributed by atoms with Crippen LogP contribution in [0.4, 0.5) is 0 Å². The van der Waals surface area contributed by atoms with Crippen molar-refractivity contribution >= 4 is 16.8 Å². The molecule has 0 bridgehead atoms. The number of hydrogen-bond acceptors (Lipinski definition) is 2. The van der Waals surface area contributed by atoms with Gasteiger partial charge in [-0.25, -0.2) is 0 Å². The zero-order valence-corrected chi connectivity index (χ0v) is 12.7. The molecule has 4 heteroatoms. The quantitative estimate of drug-likeness (QED) is 0.731. The fraction of sp³-hybridized carbons (Fsp3) is 0.105. The van der Waals surface area contributed by atoms with Gasteiger partial charge in [0.2, 0.25) is 0 Å². The number of rotatable bonds is 3. The maximum absolute atomic E-state index is 12.1. The van der Waals surface area contributed by atoms with Crippen molar-refractivity contribution in [3.63, 3.8) is 0 Å². The van der Waals surface area contributed by atoms with E-state index >= 15 is 0 Å². The van der Waals surface area contributed by atoms with Crippen LogP contribution in [0, 0.1) is 11.8 Å². The van der Waals surface area contributed by atoms with E-state index in [2.05, 4.69) is 22.1 Å². The molecule has 1 amide bonds. The molecule has 114 valence electrons. The van der Waals surface area contributed by atoms with Crippen LogP contribution < -0.4 is 10.1 Å². The van der Waals surface area contributed by atoms with E-state index in [1.54, 1.807) is 13.2 Å². The van der Waals surface area contributed by atoms with Crippen LogP contribution in [0.1, 0.15) is 15.9 Å². The Morgan fingerprint density at radius 1 is 1.22 bits per heavy atom. The molecule has 0 aliphatic heterocycles. The Morgan fingerprint density at radius 3 is 2.96 bits per heavy atom. The summed E-state index contributed by atoms with van der Waals surface area (Å²) in [5.41, 5.74) is 2.44. The molecule has 1 heterocycles. The highest BCUT2D eigenvalue weighted by Crippen LogP contribution is 2.15. The number of methoxy groups -OCH3 is 1. The predicted octanol–water partition coefficient (Wildman–Crippen LogP) is 2.96. The lowest BCUT2D eigenvalue weighted by molar-refractivity contribution is 0.0959. The fourth-order valence-electron chi connectivity index (χ4n) is 2.31. The van der Waals surface area contributed by atoms with Crippen molar-refractivity contribution in [2.45, 2.75) is 0 Å². The molecule has 0 saturated heterocycles. The predicted molar refractivity (Wildman–Crippen MR) is 90.5 cm³/mol. The van der Waals surface area contributed by atoms with Crippen molar-refractivity contribution in [3.8, 4) is 17.6 Å². The molecule has 0 spiro atoms. The number of H-pyrrole nitrogens is 1. The topological polar surface area (TPSA) is 54.1 Å². The second kappa shape index (κ2) is 6.71. The minimum atomic E-state index is -0.137. The van der Waals surface area contributed by atoms with E-state index in [9.17, 15) is 4.79 Å². The van der Waals surface area contributed by atoms with Crippen LogP contribution in [0.15, 0.2) is 54.7 Å². The summed E-state index contributed by atoms with van der Waals surface area (Å²) in [6, 6.07) is 15.0. The molecular weight excluding hydrogens is 288 g/mol. The van der Waals surface area contributed by atoms with Crippen molar-refractivity contribution in [1.29, 1.82) is 0 Å². The number of nitrogens with one attached hydrogen (secondary N) is 2. The number of ether oxygens (including phenoxy) is 1. The lowest BCUT2D eigenvalue weighted by Gasteiger charge is -2.02. The van der Waals surface area contributed by atoms with Gasteiger partial charge < -0.3 is 15.0 Å². The van der Waals surface area contributed by atoms with Gasteiger partial charge in [-0.05, 0) is 36.4 Å². The van der Waals surface area contributed by atoms with E-state index in [4.69, 9.17) is 4.74 Å². The fourth-order valence-corrected chi connectivity index (χ4v) is 2.31. The normalized spacial score (nSPS) is 9.96. The first-order valence-electron chi connectivity index (χ1n) is 7.25. The average molecular weight is 304 g/mol. The van der Waals surface area contributed by atoms with Crippen LogP contribution in [-0.4, -0.2) is 24.5 Å². The lowest BCUT2D eigenvalue weighted by atomic mass is 10.1. The summed E-state index contributed by atoms with van der Waals surface area (Å²) >= 11 is 0. The Balaban J connectivity index is 1.64. The highest BCUT2D eigenvalue weighted by Gasteiger charge is 2.05. The third-order valence-corrected chi connectivity index (χ3v) is 3.48. The van der Waals surface area contributed by atoms with Gasteiger partial charge in [-0.15, -0.1) is 0 Å². The Labute approximate surface area is 134 Å². The summed E-state index contributed by atoms with van der Waals surface area (Å²) in [6.45, 7) is 0.280. The maximum atomic E-state index is 12.1. The molecule has 0 radical (unpaired) electrons. The minimum absolute atomic E-state index is 0.137. The molecule has 23 heavy (non-hydrogen) atoms. The molecule has 0 saturated carbocycles. The van der Waals surface area contributed by atoms with Crippen LogP contribution >= 0.6 is 0 Å². The van der Waals surface area contributed by atoms with E-state index in [1.165, 1.54) is 0 Å². The van der Waals surface area contributed by atoms with Crippen LogP contribution in [0.3, 0.4) is 0 Å². The molecule has 0 aliphatic rings. The van der Waals surface area contributed by atoms with Crippen molar-refractivity contribution in [3.05, 3.63) is 65.9 Å². The number of hydrogen-bond donors (Lipinski definition) is 2. The Bertz CT molecular complexity index is 900. The van der Waals surface area contributed by atoms with Gasteiger partial charge in [0.25, 0.3) is 5.91 Å². The average Bonchev–Trinajstić information content (AvgIpc) is 3.06. The van der Waals surface area contributed by atoms with E-state index < -0.39 is 0 Å². The summed E-state index contributed by atoms with van der Waals surface area (Å²) < 4.78 is 5.23. The van der Waals surface area contributed by atoms with E-state index in [0.29, 0.717) is 5.56 Å². The number of fused-ring (bicyclic) bond motifs is 1. The van der Waals surface area contributed by atoms with Gasteiger partial charge in [0, 0.05) is 22.7 Å². The van der Waals surface area contributed by atoms with Gasteiger partial charge in [-0.3, -0.25) is 4.79 Å². The van der Waals surface area contributed by atoms with Gasteiger partial charge in [0.15, 0.2) is 0 Å². The molecule has 2 aromatic carbocycles. The molecule has 4 nitrogen and oxygen atoms in total. The number of benzene rings is 2. The first-order chi connectivity index (χ1) is 11.3. The molecule has 0 aliphatic carbocycles. The molecule has 1 aromatic heterocycles. The van der Waals surface area contributed by atoms with Gasteiger partial charge in [0.1, 0.15) is 5.75 Å². The van der Waals surface area contributed by atoms with E-state index in [0.717, 1.165) is 22.2 Å². The standard InChI is InChI=1S/C19H16N2O2/c1-23-18-7-3-2-5-14(18)6-4-11-21-19(22)16-8-9-17-15(13-16)10-12-20-17/h2-3,5,7-10,12-13,20H,11H2,1H3,(H,21,22). The van der Waals surface area contributed by atoms with Crippen molar-refractivity contribution in [2.24, 2.45) is 0 Å². The van der Waals surface area contributed by atoms with Crippen LogP contribution in [0.25, 0.3) is 10.9 Å². The summed E-state index contributed by atoms with van der Waals surface area (Å²) in [5.74, 6) is 6.53. The summed E-state index contributed by atoms with van der Waals surface area (Å²) in [4.78, 5) is 15.2. The van der Waals surface area contributed by atoms with Crippen molar-refractivity contribution < 1.29 is 9.53 Å². The van der Waals surface area contributed by atoms with Crippen LogP contribution in [0.2, 0.25) is 0 Å². The first-order valence-corrected chi connectivity index (χ1v) is 7.25. The van der Waals surface area contributed by atoms with Crippen molar-refractivity contribution in [2.75, 3.05) is 13.7 Å². The third kappa shape index (κ3) is 3.35. The maximum Gasteiger partial charge on any atom is 0.252 e. The number of carbonyl (C=O) groups is 1. The summed E-state index contributed by atoms with van der Waals surface area (Å²) in [7, 11) is 1.61. The second-order valence-corrected chi connectivity index (χ2v) is 4.96. The molecule has 2 N–H and O–H groups in total. The van der Waals surface area contributed by atoms with E-state index in [-0.39, 0.29) is 12.5 Å². The number of para-hydroxylation sites is 1. The lowest BCUT2D eigenvalue weighted by Crippen LogP contribution is -2.23. The van der Waals surface area contributed by atoms with Gasteiger partial charge in [-0.2, -0.15) is 0 Å². The first kappa shape index (κ1) is 14.7. The van der Waals surface area contributed by atoms with Gasteiger partial charge in [0.05, 0.1) is 19.2 Å². The molecule has 3 rings (SSSR count). The summed E-state index contributed by atoms with van der Waals surface area (Å²) in [5, 5.41) is 3.81. The largest absolute Gasteiger partial charge is 0.495 e. The SMILES string of the molecule is COc1ccccc1C#CCNC(=O)c1ccc2[nH]ccc2c1. The number of aromatic nitrogens is 1. The van der Waals surface area contributed by atoms with Gasteiger partial charge >= 0.3 is 0 Å².